The van der Waals surface area contributed by atoms with Crippen molar-refractivity contribution >= 4 is 17.6 Å². The summed E-state index contributed by atoms with van der Waals surface area (Å²) in [5, 5.41) is 5.08. The lowest BCUT2D eigenvalue weighted by molar-refractivity contribution is 0.0949. The molecule has 1 heterocycles. The lowest BCUT2D eigenvalue weighted by Gasteiger charge is -2.06. The first-order chi connectivity index (χ1) is 10.1. The van der Waals surface area contributed by atoms with Gasteiger partial charge in [-0.3, -0.25) is 9.59 Å². The smallest absolute Gasteiger partial charge is 0.316 e. The lowest BCUT2D eigenvalue weighted by Crippen LogP contribution is -2.28. The van der Waals surface area contributed by atoms with Crippen LogP contribution in [-0.4, -0.2) is 16.9 Å². The number of nitrogens with two attached hydrogens (primary N) is 1. The Morgan fingerprint density at radius 2 is 1.86 bits per heavy atom. The van der Waals surface area contributed by atoms with Crippen molar-refractivity contribution in [3.63, 3.8) is 0 Å². The molecule has 7 heteroatoms. The van der Waals surface area contributed by atoms with Crippen molar-refractivity contribution in [2.75, 3.05) is 5.32 Å². The summed E-state index contributed by atoms with van der Waals surface area (Å²) in [6.45, 7) is 0.268. The van der Waals surface area contributed by atoms with Crippen LogP contribution in [0.3, 0.4) is 0 Å². The van der Waals surface area contributed by atoms with E-state index >= 15 is 0 Å². The molecule has 5 N–H and O–H groups in total. The molecule has 7 nitrogen and oxygen atoms in total. The quantitative estimate of drug-likeness (QED) is 0.665. The van der Waals surface area contributed by atoms with Gasteiger partial charge in [0.2, 0.25) is 0 Å². The second kappa shape index (κ2) is 6.38. The molecule has 0 unspecified atom stereocenters. The van der Waals surface area contributed by atoms with E-state index in [2.05, 4.69) is 15.6 Å². The molecule has 2 rings (SSSR count). The van der Waals surface area contributed by atoms with Crippen LogP contribution in [-0.2, 0) is 6.54 Å². The lowest BCUT2D eigenvalue weighted by atomic mass is 10.2. The van der Waals surface area contributed by atoms with Crippen molar-refractivity contribution < 1.29 is 9.59 Å². The zero-order valence-corrected chi connectivity index (χ0v) is 11.1. The first-order valence-electron chi connectivity index (χ1n) is 6.17. The van der Waals surface area contributed by atoms with Crippen LogP contribution in [0.4, 0.5) is 10.5 Å². The predicted molar refractivity (Wildman–Crippen MR) is 77.9 cm³/mol. The minimum atomic E-state index is -0.639. The van der Waals surface area contributed by atoms with E-state index in [0.717, 1.165) is 5.56 Å². The number of nitrogens with one attached hydrogen (secondary N) is 3. The third-order valence-corrected chi connectivity index (χ3v) is 2.74. The third-order valence-electron chi connectivity index (χ3n) is 2.74. The second-order valence-electron chi connectivity index (χ2n) is 4.29. The van der Waals surface area contributed by atoms with Gasteiger partial charge in [-0.15, -0.1) is 0 Å². The summed E-state index contributed by atoms with van der Waals surface area (Å²) in [5.41, 5.74) is 6.11. The zero-order valence-electron chi connectivity index (χ0n) is 11.1. The molecule has 0 bridgehead atoms. The van der Waals surface area contributed by atoms with Crippen LogP contribution in [0.15, 0.2) is 47.5 Å². The van der Waals surface area contributed by atoms with Gasteiger partial charge in [-0.05, 0) is 17.7 Å². The van der Waals surface area contributed by atoms with Crippen LogP contribution in [0.25, 0.3) is 0 Å². The summed E-state index contributed by atoms with van der Waals surface area (Å²) in [7, 11) is 0. The van der Waals surface area contributed by atoms with Crippen LogP contribution in [0.1, 0.15) is 15.9 Å². The molecule has 0 aliphatic carbocycles. The molecule has 0 aliphatic heterocycles. The maximum absolute atomic E-state index is 11.8. The molecule has 21 heavy (non-hydrogen) atoms. The van der Waals surface area contributed by atoms with Crippen LogP contribution in [0, 0.1) is 0 Å². The van der Waals surface area contributed by atoms with Gasteiger partial charge in [-0.25, -0.2) is 4.79 Å². The van der Waals surface area contributed by atoms with Gasteiger partial charge >= 0.3 is 6.03 Å². The molecule has 0 radical (unpaired) electrons. The maximum atomic E-state index is 11.8. The number of pyridine rings is 1. The van der Waals surface area contributed by atoms with E-state index in [1.54, 1.807) is 24.3 Å². The number of carbonyl (C=O) groups is 2. The third kappa shape index (κ3) is 3.93. The van der Waals surface area contributed by atoms with Gasteiger partial charge in [-0.2, -0.15) is 0 Å². The Balaban J connectivity index is 1.97. The van der Waals surface area contributed by atoms with Gasteiger partial charge in [0, 0.05) is 30.7 Å². The summed E-state index contributed by atoms with van der Waals surface area (Å²) >= 11 is 0. The van der Waals surface area contributed by atoms with Gasteiger partial charge in [0.05, 0.1) is 0 Å². The molecule has 1 aromatic heterocycles. The van der Waals surface area contributed by atoms with E-state index in [1.807, 2.05) is 0 Å². The van der Waals surface area contributed by atoms with Crippen LogP contribution >= 0.6 is 0 Å². The van der Waals surface area contributed by atoms with Crippen LogP contribution < -0.4 is 21.8 Å². The van der Waals surface area contributed by atoms with Crippen molar-refractivity contribution in [1.29, 1.82) is 0 Å². The summed E-state index contributed by atoms with van der Waals surface area (Å²) in [6.07, 6.45) is 2.82. The molecule has 0 saturated heterocycles. The fraction of sp³-hybridized carbons (Fsp3) is 0.0714. The molecule has 3 amide bonds. The number of anilines is 1. The minimum absolute atomic E-state index is 0.0597. The summed E-state index contributed by atoms with van der Waals surface area (Å²) in [6, 6.07) is 7.46. The Hall–Kier alpha value is -3.09. The zero-order chi connectivity index (χ0) is 15.2. The molecule has 0 spiro atoms. The number of aromatic amines is 1. The van der Waals surface area contributed by atoms with Crippen molar-refractivity contribution in [2.45, 2.75) is 6.54 Å². The van der Waals surface area contributed by atoms with E-state index < -0.39 is 11.9 Å². The molecule has 1 aromatic carbocycles. The fourth-order valence-corrected chi connectivity index (χ4v) is 1.72. The first kappa shape index (κ1) is 14.3. The number of amides is 3. The molecule has 0 fully saturated rings. The van der Waals surface area contributed by atoms with E-state index in [4.69, 9.17) is 5.73 Å². The van der Waals surface area contributed by atoms with Crippen LogP contribution in [0.2, 0.25) is 0 Å². The number of benzene rings is 1. The number of primary amides is 1. The summed E-state index contributed by atoms with van der Waals surface area (Å²) in [5.74, 6) is -0.448. The van der Waals surface area contributed by atoms with Gasteiger partial charge in [0.25, 0.3) is 5.91 Å². The average molecular weight is 286 g/mol. The number of hydrogen-bond acceptors (Lipinski definition) is 3. The van der Waals surface area contributed by atoms with Gasteiger partial charge in [0.1, 0.15) is 5.56 Å². The number of H-pyrrole nitrogens is 1. The first-order valence-corrected chi connectivity index (χ1v) is 6.17. The van der Waals surface area contributed by atoms with Crippen molar-refractivity contribution in [1.82, 2.24) is 10.3 Å². The van der Waals surface area contributed by atoms with Crippen LogP contribution in [0.5, 0.6) is 0 Å². The molecule has 108 valence electrons. The van der Waals surface area contributed by atoms with Crippen molar-refractivity contribution in [2.24, 2.45) is 5.73 Å². The number of aromatic nitrogens is 1. The Bertz CT molecular complexity index is 707. The molecular weight excluding hydrogens is 272 g/mol. The Labute approximate surface area is 120 Å². The predicted octanol–water partition coefficient (Wildman–Crippen LogP) is 0.795. The monoisotopic (exact) mass is 286 g/mol. The van der Waals surface area contributed by atoms with E-state index in [9.17, 15) is 14.4 Å². The molecule has 2 aromatic rings. The average Bonchev–Trinajstić information content (AvgIpc) is 2.46. The van der Waals surface area contributed by atoms with E-state index in [1.165, 1.54) is 18.5 Å². The topological polar surface area (TPSA) is 117 Å². The molecule has 0 saturated carbocycles. The van der Waals surface area contributed by atoms with Gasteiger partial charge < -0.3 is 21.4 Å². The fourth-order valence-electron chi connectivity index (χ4n) is 1.72. The number of hydrogen-bond donors (Lipinski definition) is 4. The highest BCUT2D eigenvalue weighted by molar-refractivity contribution is 5.93. The largest absolute Gasteiger partial charge is 0.367 e. The Morgan fingerprint density at radius 1 is 1.14 bits per heavy atom. The number of urea groups is 1. The standard InChI is InChI=1S/C14H14N4O3/c15-14(21)18-10-3-1-9(2-4-10)7-17-13(20)11-8-16-6-5-12(11)19/h1-6,8H,7H2,(H,16,19)(H,17,20)(H3,15,18,21). The SMILES string of the molecule is NC(=O)Nc1ccc(CNC(=O)c2c[nH]ccc2=O)cc1. The highest BCUT2D eigenvalue weighted by Gasteiger charge is 2.08. The normalized spacial score (nSPS) is 9.90. The Morgan fingerprint density at radius 3 is 2.48 bits per heavy atom. The summed E-state index contributed by atoms with van der Waals surface area (Å²) < 4.78 is 0. The van der Waals surface area contributed by atoms with E-state index in [-0.39, 0.29) is 17.5 Å². The van der Waals surface area contributed by atoms with Crippen molar-refractivity contribution in [3.8, 4) is 0 Å². The highest BCUT2D eigenvalue weighted by atomic mass is 16.2. The second-order valence-corrected chi connectivity index (χ2v) is 4.29. The van der Waals surface area contributed by atoms with E-state index in [0.29, 0.717) is 5.69 Å². The van der Waals surface area contributed by atoms with Gasteiger partial charge in [0.15, 0.2) is 5.43 Å². The minimum Gasteiger partial charge on any atom is -0.367 e. The summed E-state index contributed by atoms with van der Waals surface area (Å²) in [4.78, 5) is 36.7. The number of rotatable bonds is 4. The van der Waals surface area contributed by atoms with Gasteiger partial charge in [-0.1, -0.05) is 12.1 Å². The maximum Gasteiger partial charge on any atom is 0.316 e. The molecular formula is C14H14N4O3. The Kier molecular flexibility index (Phi) is 4.35. The highest BCUT2D eigenvalue weighted by Crippen LogP contribution is 2.09. The van der Waals surface area contributed by atoms with Crippen molar-refractivity contribution in [3.05, 3.63) is 64.1 Å². The number of carbonyl (C=O) groups excluding carboxylic acids is 2. The molecule has 0 atom stereocenters. The molecule has 0 aliphatic rings.